The molecule has 4 rings (SSSR count). The SMILES string of the molecule is COc1cccc(C2(N3CCN(c4ncccn4)CC3)CCCCC2)c1. The number of hydrogen-bond donors (Lipinski definition) is 0. The van der Waals surface area contributed by atoms with Crippen LogP contribution in [0.4, 0.5) is 5.95 Å². The summed E-state index contributed by atoms with van der Waals surface area (Å²) in [4.78, 5) is 13.8. The molecule has 0 spiro atoms. The van der Waals surface area contributed by atoms with E-state index in [-0.39, 0.29) is 5.54 Å². The van der Waals surface area contributed by atoms with E-state index in [0.717, 1.165) is 37.9 Å². The van der Waals surface area contributed by atoms with Crippen molar-refractivity contribution in [3.8, 4) is 5.75 Å². The fraction of sp³-hybridized carbons (Fsp3) is 0.524. The molecule has 2 aromatic rings. The summed E-state index contributed by atoms with van der Waals surface area (Å²) in [6.07, 6.45) is 10.1. The van der Waals surface area contributed by atoms with E-state index in [0.29, 0.717) is 0 Å². The van der Waals surface area contributed by atoms with Crippen LogP contribution in [-0.4, -0.2) is 48.2 Å². The van der Waals surface area contributed by atoms with Crippen LogP contribution in [0.3, 0.4) is 0 Å². The lowest BCUT2D eigenvalue weighted by atomic mass is 9.75. The van der Waals surface area contributed by atoms with Gasteiger partial charge in [0.1, 0.15) is 5.75 Å². The molecule has 1 saturated carbocycles. The zero-order valence-corrected chi connectivity index (χ0v) is 15.6. The lowest BCUT2D eigenvalue weighted by molar-refractivity contribution is 0.0412. The third-order valence-electron chi connectivity index (χ3n) is 6.01. The van der Waals surface area contributed by atoms with Crippen LogP contribution in [0.5, 0.6) is 5.75 Å². The predicted octanol–water partition coefficient (Wildman–Crippen LogP) is 3.47. The fourth-order valence-corrected chi connectivity index (χ4v) is 4.63. The Morgan fingerprint density at radius 2 is 1.65 bits per heavy atom. The van der Waals surface area contributed by atoms with Crippen LogP contribution < -0.4 is 9.64 Å². The molecular weight excluding hydrogens is 324 g/mol. The molecule has 0 radical (unpaired) electrons. The van der Waals surface area contributed by atoms with E-state index in [2.05, 4.69) is 38.0 Å². The average Bonchev–Trinajstić information content (AvgIpc) is 2.75. The average molecular weight is 352 g/mol. The van der Waals surface area contributed by atoms with Gasteiger partial charge in [-0.2, -0.15) is 0 Å². The van der Waals surface area contributed by atoms with Crippen molar-refractivity contribution < 1.29 is 4.74 Å². The van der Waals surface area contributed by atoms with Gasteiger partial charge < -0.3 is 9.64 Å². The number of piperazine rings is 1. The van der Waals surface area contributed by atoms with Crippen molar-refractivity contribution in [2.75, 3.05) is 38.2 Å². The Morgan fingerprint density at radius 1 is 0.923 bits per heavy atom. The summed E-state index contributed by atoms with van der Waals surface area (Å²) in [6.45, 7) is 4.07. The molecular formula is C21H28N4O. The molecule has 5 nitrogen and oxygen atoms in total. The van der Waals surface area contributed by atoms with Gasteiger partial charge in [-0.1, -0.05) is 31.4 Å². The van der Waals surface area contributed by atoms with Crippen molar-refractivity contribution in [1.82, 2.24) is 14.9 Å². The van der Waals surface area contributed by atoms with Gasteiger partial charge in [-0.05, 0) is 36.6 Å². The number of hydrogen-bond acceptors (Lipinski definition) is 5. The highest BCUT2D eigenvalue weighted by atomic mass is 16.5. The molecule has 2 heterocycles. The van der Waals surface area contributed by atoms with Crippen LogP contribution in [0, 0.1) is 0 Å². The van der Waals surface area contributed by atoms with Gasteiger partial charge in [-0.25, -0.2) is 9.97 Å². The lowest BCUT2D eigenvalue weighted by Gasteiger charge is -2.50. The fourth-order valence-electron chi connectivity index (χ4n) is 4.63. The Balaban J connectivity index is 1.56. The number of anilines is 1. The van der Waals surface area contributed by atoms with Crippen LogP contribution in [0.25, 0.3) is 0 Å². The van der Waals surface area contributed by atoms with Gasteiger partial charge in [0.2, 0.25) is 5.95 Å². The first-order chi connectivity index (χ1) is 12.8. The van der Waals surface area contributed by atoms with Crippen molar-refractivity contribution in [2.45, 2.75) is 37.6 Å². The van der Waals surface area contributed by atoms with E-state index < -0.39 is 0 Å². The smallest absolute Gasteiger partial charge is 0.225 e. The van der Waals surface area contributed by atoms with Crippen molar-refractivity contribution in [3.05, 3.63) is 48.3 Å². The summed E-state index contributed by atoms with van der Waals surface area (Å²) < 4.78 is 5.51. The maximum Gasteiger partial charge on any atom is 0.225 e. The van der Waals surface area contributed by atoms with Crippen molar-refractivity contribution in [1.29, 1.82) is 0 Å². The zero-order valence-electron chi connectivity index (χ0n) is 15.6. The van der Waals surface area contributed by atoms with Crippen LogP contribution in [-0.2, 0) is 5.54 Å². The first-order valence-electron chi connectivity index (χ1n) is 9.73. The molecule has 1 aromatic carbocycles. The van der Waals surface area contributed by atoms with Crippen molar-refractivity contribution >= 4 is 5.95 Å². The molecule has 0 N–H and O–H groups in total. The van der Waals surface area contributed by atoms with Crippen LogP contribution in [0.1, 0.15) is 37.7 Å². The summed E-state index contributed by atoms with van der Waals surface area (Å²) in [5, 5.41) is 0. The first-order valence-corrected chi connectivity index (χ1v) is 9.73. The summed E-state index contributed by atoms with van der Waals surface area (Å²) in [6, 6.07) is 10.6. The zero-order chi connectivity index (χ0) is 17.8. The molecule has 0 unspecified atom stereocenters. The minimum Gasteiger partial charge on any atom is -0.497 e. The van der Waals surface area contributed by atoms with E-state index >= 15 is 0 Å². The summed E-state index contributed by atoms with van der Waals surface area (Å²) in [5.74, 6) is 1.81. The minimum absolute atomic E-state index is 0.149. The highest BCUT2D eigenvalue weighted by molar-refractivity contribution is 5.35. The molecule has 2 fully saturated rings. The minimum atomic E-state index is 0.149. The van der Waals surface area contributed by atoms with Gasteiger partial charge in [0, 0.05) is 44.1 Å². The van der Waals surface area contributed by atoms with E-state index in [1.807, 2.05) is 24.5 Å². The second kappa shape index (κ2) is 7.62. The second-order valence-corrected chi connectivity index (χ2v) is 7.35. The van der Waals surface area contributed by atoms with E-state index in [1.165, 1.54) is 37.7 Å². The second-order valence-electron chi connectivity index (χ2n) is 7.35. The number of benzene rings is 1. The van der Waals surface area contributed by atoms with E-state index in [1.54, 1.807) is 7.11 Å². The normalized spacial score (nSPS) is 20.7. The van der Waals surface area contributed by atoms with Crippen molar-refractivity contribution in [2.24, 2.45) is 0 Å². The summed E-state index contributed by atoms with van der Waals surface area (Å²) in [5.41, 5.74) is 1.57. The van der Waals surface area contributed by atoms with Crippen LogP contribution in [0.15, 0.2) is 42.7 Å². The maximum atomic E-state index is 5.51. The molecule has 0 amide bonds. The van der Waals surface area contributed by atoms with Crippen LogP contribution >= 0.6 is 0 Å². The van der Waals surface area contributed by atoms with Gasteiger partial charge in [0.15, 0.2) is 0 Å². The predicted molar refractivity (Wildman–Crippen MR) is 104 cm³/mol. The number of ether oxygens (including phenoxy) is 1. The Morgan fingerprint density at radius 3 is 2.35 bits per heavy atom. The summed E-state index contributed by atoms with van der Waals surface area (Å²) >= 11 is 0. The number of methoxy groups -OCH3 is 1. The summed E-state index contributed by atoms with van der Waals surface area (Å²) in [7, 11) is 1.76. The third-order valence-corrected chi connectivity index (χ3v) is 6.01. The molecule has 138 valence electrons. The van der Waals surface area contributed by atoms with Gasteiger partial charge in [0.05, 0.1) is 7.11 Å². The molecule has 26 heavy (non-hydrogen) atoms. The van der Waals surface area contributed by atoms with Crippen molar-refractivity contribution in [3.63, 3.8) is 0 Å². The maximum absolute atomic E-state index is 5.51. The molecule has 0 atom stereocenters. The first kappa shape index (κ1) is 17.3. The van der Waals surface area contributed by atoms with E-state index in [9.17, 15) is 0 Å². The molecule has 0 bridgehead atoms. The molecule has 1 saturated heterocycles. The Bertz CT molecular complexity index is 707. The molecule has 1 aliphatic carbocycles. The topological polar surface area (TPSA) is 41.5 Å². The Labute approximate surface area is 156 Å². The molecule has 1 aliphatic heterocycles. The highest BCUT2D eigenvalue weighted by Crippen LogP contribution is 2.43. The third kappa shape index (κ3) is 3.28. The van der Waals surface area contributed by atoms with Gasteiger partial charge in [-0.15, -0.1) is 0 Å². The standard InChI is InChI=1S/C21H28N4O/c1-26-19-8-5-7-18(17-19)21(9-3-2-4-10-21)25-15-13-24(14-16-25)20-22-11-6-12-23-20/h5-8,11-12,17H,2-4,9-10,13-16H2,1H3. The Kier molecular flexibility index (Phi) is 5.07. The monoisotopic (exact) mass is 352 g/mol. The number of nitrogens with zero attached hydrogens (tertiary/aromatic N) is 4. The molecule has 5 heteroatoms. The molecule has 2 aliphatic rings. The van der Waals surface area contributed by atoms with E-state index in [4.69, 9.17) is 4.74 Å². The van der Waals surface area contributed by atoms with Crippen LogP contribution in [0.2, 0.25) is 0 Å². The molecule has 1 aromatic heterocycles. The highest BCUT2D eigenvalue weighted by Gasteiger charge is 2.41. The quantitative estimate of drug-likeness (QED) is 0.843. The largest absolute Gasteiger partial charge is 0.497 e. The van der Waals surface area contributed by atoms with Gasteiger partial charge in [-0.3, -0.25) is 4.90 Å². The Hall–Kier alpha value is -2.14. The number of aromatic nitrogens is 2. The lowest BCUT2D eigenvalue weighted by Crippen LogP contribution is -2.56. The van der Waals surface area contributed by atoms with Gasteiger partial charge in [0.25, 0.3) is 0 Å². The number of rotatable bonds is 4. The van der Waals surface area contributed by atoms with Gasteiger partial charge >= 0.3 is 0 Å².